The number of rotatable bonds is 16. The molecular formula is C82H90Cl4F2N8O10. The van der Waals surface area contributed by atoms with E-state index in [2.05, 4.69) is 132 Å². The number of ether oxygens (including phenoxy) is 2. The van der Waals surface area contributed by atoms with Gasteiger partial charge in [0, 0.05) is 57.4 Å². The summed E-state index contributed by atoms with van der Waals surface area (Å²) >= 11 is 25.1. The molecule has 10 atom stereocenters. The van der Waals surface area contributed by atoms with Crippen molar-refractivity contribution in [3.8, 4) is 11.5 Å². The highest BCUT2D eigenvalue weighted by Gasteiger charge is 2.68. The molecule has 0 saturated carbocycles. The van der Waals surface area contributed by atoms with Crippen LogP contribution in [0.4, 0.5) is 31.5 Å². The van der Waals surface area contributed by atoms with E-state index in [1.54, 1.807) is 60.7 Å². The number of methoxy groups -OCH3 is 2. The number of nitrogens with zero attached hydrogens (tertiary/aromatic N) is 2. The number of hydrogen-bond donors (Lipinski definition) is 8. The van der Waals surface area contributed by atoms with E-state index in [0.717, 1.165) is 0 Å². The standard InChI is InChI=1S/2C31H30Cl2FN3O5.2C10H15N/c2*1-30(2,3)14-23-31(18-10-9-16(32)13-21(18)36-29(31)41)24(17-6-5-7-19(33)25(17)34)26(37-23)27(38)35-20-11-8-15(28(39)40)12-22(20)42-4;2*1-9(11(2)3)10-7-5-4-6-8-10/h2*5-13,23-24,26,37H,14H2,1-4H3,(H,35,38)(H,36,41)(H,39,40);2*4-9H,1-3H3/t2*23-,24-,26+,31?;2*9-/m0011/s1. The van der Waals surface area contributed by atoms with Crippen molar-refractivity contribution in [2.75, 3.05) is 63.7 Å². The van der Waals surface area contributed by atoms with Crippen LogP contribution in [0.3, 0.4) is 0 Å². The van der Waals surface area contributed by atoms with Crippen LogP contribution in [-0.4, -0.2) is 122 Å². The van der Waals surface area contributed by atoms with Crippen LogP contribution in [0.2, 0.25) is 20.1 Å². The highest BCUT2D eigenvalue weighted by atomic mass is 35.5. The first-order valence-corrected chi connectivity index (χ1v) is 36.0. The van der Waals surface area contributed by atoms with E-state index in [1.165, 1.54) is 73.9 Å². The SMILES string of the molecule is COc1cc(C(=O)O)ccc1NC(=O)[C@@H]1N[C@@H](CC(C)(C)C)C2(C(=O)Nc3cc(Cl)ccc32)[C@H]1c1cccc(Cl)c1F.COc1cc(C(=O)O)ccc1NC(=O)[C@@H]1N[C@@H](CC(C)(C)C)C2(C(=O)Nc3cc(Cl)ccc32)[C@H]1c1cccc(Cl)c1F.C[C@H](c1ccccc1)N(C)C.C[C@H](c1ccccc1)N(C)C. The average Bonchev–Trinajstić information content (AvgIpc) is 1.54. The molecule has 8 aromatic rings. The van der Waals surface area contributed by atoms with Gasteiger partial charge >= 0.3 is 11.9 Å². The first kappa shape index (κ1) is 81.1. The molecule has 106 heavy (non-hydrogen) atoms. The Bertz CT molecular complexity index is 4290. The van der Waals surface area contributed by atoms with E-state index in [0.29, 0.717) is 57.5 Å². The number of nitrogens with one attached hydrogen (secondary N) is 6. The Morgan fingerprint density at radius 1 is 0.509 bits per heavy atom. The number of carbonyl (C=O) groups is 6. The highest BCUT2D eigenvalue weighted by Crippen LogP contribution is 2.59. The quantitative estimate of drug-likeness (QED) is 0.0449. The topological polar surface area (TPSA) is 240 Å². The monoisotopic (exact) mass is 1520 g/mol. The lowest BCUT2D eigenvalue weighted by Gasteiger charge is -2.37. The number of carboxylic acids is 2. The van der Waals surface area contributed by atoms with Gasteiger partial charge in [0.15, 0.2) is 0 Å². The number of carbonyl (C=O) groups excluding carboxylic acids is 4. The maximum absolute atomic E-state index is 15.9. The summed E-state index contributed by atoms with van der Waals surface area (Å²) in [5.74, 6) is -7.46. The molecule has 0 radical (unpaired) electrons. The number of carboxylic acid groups (broad SMARTS) is 2. The number of aromatic carboxylic acids is 2. The van der Waals surface area contributed by atoms with Gasteiger partial charge in [0.05, 0.1) is 58.9 Å². The summed E-state index contributed by atoms with van der Waals surface area (Å²) in [6, 6.07) is 45.9. The van der Waals surface area contributed by atoms with Gasteiger partial charge in [-0.15, -0.1) is 0 Å². The number of fused-ring (bicyclic) bond motifs is 4. The fourth-order valence-corrected chi connectivity index (χ4v) is 15.3. The Hall–Kier alpha value is -8.96. The van der Waals surface area contributed by atoms with Gasteiger partial charge in [-0.25, -0.2) is 18.4 Å². The minimum atomic E-state index is -1.40. The molecule has 0 aromatic heterocycles. The van der Waals surface area contributed by atoms with Crippen LogP contribution in [0.15, 0.2) is 170 Å². The van der Waals surface area contributed by atoms with Crippen molar-refractivity contribution in [2.45, 2.75) is 127 Å². The van der Waals surface area contributed by atoms with Gasteiger partial charge < -0.3 is 61.4 Å². The predicted molar refractivity (Wildman–Crippen MR) is 416 cm³/mol. The van der Waals surface area contributed by atoms with Gasteiger partial charge in [-0.1, -0.05) is 185 Å². The number of hydrogen-bond acceptors (Lipinski definition) is 12. The molecule has 12 rings (SSSR count). The molecule has 24 heteroatoms. The van der Waals surface area contributed by atoms with Crippen molar-refractivity contribution in [1.82, 2.24) is 20.4 Å². The smallest absolute Gasteiger partial charge is 0.335 e. The first-order chi connectivity index (χ1) is 50.0. The zero-order valence-corrected chi connectivity index (χ0v) is 64.5. The Morgan fingerprint density at radius 2 is 0.858 bits per heavy atom. The van der Waals surface area contributed by atoms with Crippen molar-refractivity contribution in [2.24, 2.45) is 10.8 Å². The number of amides is 4. The fraction of sp³-hybridized carbons (Fsp3) is 0.341. The zero-order chi connectivity index (χ0) is 77.7. The lowest BCUT2D eigenvalue weighted by molar-refractivity contribution is -0.123. The normalized spacial score (nSPS) is 21.0. The highest BCUT2D eigenvalue weighted by molar-refractivity contribution is 6.32. The minimum Gasteiger partial charge on any atom is -0.495 e. The first-order valence-electron chi connectivity index (χ1n) is 34.5. The molecule has 4 amide bonds. The van der Waals surface area contributed by atoms with Crippen LogP contribution in [0.1, 0.15) is 146 Å². The average molecular weight is 1530 g/mol. The molecular weight excluding hydrogens is 1440 g/mol. The lowest BCUT2D eigenvalue weighted by atomic mass is 9.62. The van der Waals surface area contributed by atoms with Crippen LogP contribution in [-0.2, 0) is 30.0 Å². The molecule has 8 N–H and O–H groups in total. The van der Waals surface area contributed by atoms with Gasteiger partial charge in [0.1, 0.15) is 34.0 Å². The second-order valence-electron chi connectivity index (χ2n) is 29.7. The molecule has 0 aliphatic carbocycles. The van der Waals surface area contributed by atoms with E-state index < -0.39 is 82.2 Å². The molecule has 2 saturated heterocycles. The summed E-state index contributed by atoms with van der Waals surface area (Å²) in [5.41, 5.74) is 2.14. The third kappa shape index (κ3) is 17.2. The van der Waals surface area contributed by atoms with E-state index >= 15 is 8.78 Å². The third-order valence-corrected chi connectivity index (χ3v) is 21.0. The Balaban J connectivity index is 0.000000190. The molecule has 2 fully saturated rings. The number of benzene rings is 8. The van der Waals surface area contributed by atoms with Crippen LogP contribution in [0.5, 0.6) is 11.5 Å². The molecule has 18 nitrogen and oxygen atoms in total. The summed E-state index contributed by atoms with van der Waals surface area (Å²) < 4.78 is 42.5. The fourth-order valence-electron chi connectivity index (χ4n) is 14.6. The molecule has 4 aliphatic heterocycles. The largest absolute Gasteiger partial charge is 0.495 e. The molecule has 8 aromatic carbocycles. The predicted octanol–water partition coefficient (Wildman–Crippen LogP) is 17.1. The second kappa shape index (κ2) is 33.5. The number of anilines is 4. The van der Waals surface area contributed by atoms with Crippen LogP contribution in [0, 0.1) is 22.5 Å². The maximum atomic E-state index is 15.9. The van der Waals surface area contributed by atoms with Crippen LogP contribution < -0.4 is 41.4 Å². The third-order valence-electron chi connectivity index (χ3n) is 20.0. The second-order valence-corrected chi connectivity index (χ2v) is 31.4. The van der Waals surface area contributed by atoms with Gasteiger partial charge in [0.25, 0.3) is 0 Å². The zero-order valence-electron chi connectivity index (χ0n) is 61.5. The Labute approximate surface area is 637 Å². The summed E-state index contributed by atoms with van der Waals surface area (Å²) in [6.07, 6.45) is 0.920. The number of halogens is 6. The van der Waals surface area contributed by atoms with Gasteiger partial charge in [0.2, 0.25) is 23.6 Å². The van der Waals surface area contributed by atoms with Gasteiger partial charge in [-0.3, -0.25) is 19.2 Å². The molecule has 560 valence electrons. The van der Waals surface area contributed by atoms with Crippen molar-refractivity contribution >= 4 is 105 Å². The molecule has 2 unspecified atom stereocenters. The van der Waals surface area contributed by atoms with Gasteiger partial charge in [-0.2, -0.15) is 0 Å². The van der Waals surface area contributed by atoms with Crippen molar-refractivity contribution < 1.29 is 57.2 Å². The lowest BCUT2D eigenvalue weighted by Crippen LogP contribution is -2.49. The molecule has 4 aliphatic rings. The Kier molecular flexibility index (Phi) is 25.6. The molecule has 4 heterocycles. The van der Waals surface area contributed by atoms with Crippen LogP contribution >= 0.6 is 46.4 Å². The Morgan fingerprint density at radius 3 is 1.17 bits per heavy atom. The van der Waals surface area contributed by atoms with Crippen molar-refractivity contribution in [3.05, 3.63) is 246 Å². The van der Waals surface area contributed by atoms with E-state index in [-0.39, 0.29) is 77.8 Å². The summed E-state index contributed by atoms with van der Waals surface area (Å²) in [6.45, 7) is 16.5. The minimum absolute atomic E-state index is 0.0233. The van der Waals surface area contributed by atoms with E-state index in [9.17, 15) is 39.0 Å². The van der Waals surface area contributed by atoms with Gasteiger partial charge in [-0.05, 0) is 172 Å². The summed E-state index contributed by atoms with van der Waals surface area (Å²) in [4.78, 5) is 84.1. The summed E-state index contributed by atoms with van der Waals surface area (Å²) in [7, 11) is 11.1. The maximum Gasteiger partial charge on any atom is 0.335 e. The van der Waals surface area contributed by atoms with Crippen molar-refractivity contribution in [1.29, 1.82) is 0 Å². The molecule has 0 bridgehead atoms. The van der Waals surface area contributed by atoms with E-state index in [4.69, 9.17) is 55.9 Å². The van der Waals surface area contributed by atoms with Crippen molar-refractivity contribution in [3.63, 3.8) is 0 Å². The summed E-state index contributed by atoms with van der Waals surface area (Å²) in [5, 5.41) is 37.6. The van der Waals surface area contributed by atoms with E-state index in [1.807, 2.05) is 53.7 Å². The molecule has 2 spiro atoms. The van der Waals surface area contributed by atoms with Crippen LogP contribution in [0.25, 0.3) is 0 Å².